The van der Waals surface area contributed by atoms with Gasteiger partial charge in [-0.1, -0.05) is 41.7 Å². The highest BCUT2D eigenvalue weighted by Gasteiger charge is 2.10. The topological polar surface area (TPSA) is 94.6 Å². The van der Waals surface area contributed by atoms with Gasteiger partial charge in [0.15, 0.2) is 0 Å². The summed E-state index contributed by atoms with van der Waals surface area (Å²) in [4.78, 5) is 15.2. The molecule has 2 aromatic carbocycles. The molecule has 0 spiro atoms. The van der Waals surface area contributed by atoms with Crippen LogP contribution in [0.5, 0.6) is 11.6 Å². The summed E-state index contributed by atoms with van der Waals surface area (Å²) in [5, 5.41) is 23.1. The number of hydrogen-bond acceptors (Lipinski definition) is 7. The lowest BCUT2D eigenvalue weighted by Gasteiger charge is -2.18. The standard InChI is InChI=1S/C22H26N2O4S2/c1-15(23-12-17(25)14-29-19-5-3-2-4-6-19)13-28-18-9-7-16(8-10-18)11-20-21(26)24-22(27)30-20/h2-10,15,17,23,25-26H,11-14H2,1H3,(H,24,27). The molecule has 0 aliphatic carbocycles. The molecule has 0 aliphatic rings. The lowest BCUT2D eigenvalue weighted by Crippen LogP contribution is -2.38. The van der Waals surface area contributed by atoms with Crippen molar-refractivity contribution < 1.29 is 14.9 Å². The predicted molar refractivity (Wildman–Crippen MR) is 122 cm³/mol. The lowest BCUT2D eigenvalue weighted by molar-refractivity contribution is 0.182. The van der Waals surface area contributed by atoms with Crippen LogP contribution in [0, 0.1) is 0 Å². The number of hydrogen-bond donors (Lipinski definition) is 4. The number of ether oxygens (including phenoxy) is 1. The van der Waals surface area contributed by atoms with E-state index in [4.69, 9.17) is 4.74 Å². The molecule has 0 saturated heterocycles. The number of aliphatic hydroxyl groups is 1. The van der Waals surface area contributed by atoms with E-state index in [1.807, 2.05) is 61.5 Å². The normalized spacial score (nSPS) is 13.1. The molecule has 0 saturated carbocycles. The van der Waals surface area contributed by atoms with E-state index < -0.39 is 6.10 Å². The predicted octanol–water partition coefficient (Wildman–Crippen LogP) is 3.24. The number of aromatic nitrogens is 1. The largest absolute Gasteiger partial charge is 0.494 e. The molecular formula is C22H26N2O4S2. The Hall–Kier alpha value is -2.26. The molecule has 3 rings (SSSR count). The molecular weight excluding hydrogens is 420 g/mol. The Morgan fingerprint density at radius 1 is 1.17 bits per heavy atom. The molecule has 0 fully saturated rings. The molecule has 6 nitrogen and oxygen atoms in total. The summed E-state index contributed by atoms with van der Waals surface area (Å²) in [6.45, 7) is 3.01. The third-order valence-electron chi connectivity index (χ3n) is 4.38. The third-order valence-corrected chi connectivity index (χ3v) is 6.40. The van der Waals surface area contributed by atoms with Crippen LogP contribution in [0.4, 0.5) is 0 Å². The zero-order chi connectivity index (χ0) is 21.3. The summed E-state index contributed by atoms with van der Waals surface area (Å²) in [6.07, 6.45) is 0.0595. The molecule has 0 radical (unpaired) electrons. The van der Waals surface area contributed by atoms with Crippen LogP contribution in [0.2, 0.25) is 0 Å². The fourth-order valence-electron chi connectivity index (χ4n) is 2.75. The molecule has 160 valence electrons. The molecule has 2 unspecified atom stereocenters. The minimum absolute atomic E-state index is 0.0606. The number of nitrogens with one attached hydrogen (secondary N) is 2. The number of aromatic hydroxyl groups is 1. The minimum atomic E-state index is -0.433. The van der Waals surface area contributed by atoms with Gasteiger partial charge in [0.2, 0.25) is 5.88 Å². The SMILES string of the molecule is CC(COc1ccc(Cc2sc(=O)[nH]c2O)cc1)NCC(O)CSc1ccccc1. The molecule has 3 aromatic rings. The van der Waals surface area contributed by atoms with Crippen LogP contribution >= 0.6 is 23.1 Å². The fraction of sp³-hybridized carbons (Fsp3) is 0.318. The monoisotopic (exact) mass is 446 g/mol. The average molecular weight is 447 g/mol. The Bertz CT molecular complexity index is 957. The van der Waals surface area contributed by atoms with Crippen LogP contribution in [0.25, 0.3) is 0 Å². The van der Waals surface area contributed by atoms with E-state index >= 15 is 0 Å². The van der Waals surface area contributed by atoms with Crippen LogP contribution in [-0.2, 0) is 6.42 Å². The van der Waals surface area contributed by atoms with Gasteiger partial charge in [-0.3, -0.25) is 9.78 Å². The van der Waals surface area contributed by atoms with Gasteiger partial charge in [-0.05, 0) is 36.8 Å². The van der Waals surface area contributed by atoms with Crippen molar-refractivity contribution in [1.82, 2.24) is 10.3 Å². The van der Waals surface area contributed by atoms with Gasteiger partial charge in [0.1, 0.15) is 12.4 Å². The van der Waals surface area contributed by atoms with Crippen LogP contribution < -0.4 is 14.9 Å². The first-order chi connectivity index (χ1) is 14.5. The highest BCUT2D eigenvalue weighted by atomic mass is 32.2. The summed E-state index contributed by atoms with van der Waals surface area (Å²) in [7, 11) is 0. The summed E-state index contributed by atoms with van der Waals surface area (Å²) >= 11 is 2.65. The van der Waals surface area contributed by atoms with Crippen molar-refractivity contribution in [2.45, 2.75) is 30.4 Å². The second-order valence-corrected chi connectivity index (χ2v) is 9.17. The summed E-state index contributed by atoms with van der Waals surface area (Å²) < 4.78 is 5.81. The van der Waals surface area contributed by atoms with Crippen LogP contribution in [0.1, 0.15) is 17.4 Å². The first-order valence-corrected chi connectivity index (χ1v) is 11.5. The Morgan fingerprint density at radius 2 is 1.90 bits per heavy atom. The van der Waals surface area contributed by atoms with Gasteiger partial charge in [0.05, 0.1) is 11.0 Å². The molecule has 4 N–H and O–H groups in total. The fourth-order valence-corrected chi connectivity index (χ4v) is 4.36. The highest BCUT2D eigenvalue weighted by Crippen LogP contribution is 2.22. The van der Waals surface area contributed by atoms with E-state index in [9.17, 15) is 15.0 Å². The van der Waals surface area contributed by atoms with Crippen LogP contribution in [0.15, 0.2) is 64.3 Å². The van der Waals surface area contributed by atoms with E-state index in [0.717, 1.165) is 27.5 Å². The van der Waals surface area contributed by atoms with Gasteiger partial charge in [-0.2, -0.15) is 0 Å². The summed E-state index contributed by atoms with van der Waals surface area (Å²) in [5.74, 6) is 1.32. The van der Waals surface area contributed by atoms with Gasteiger partial charge in [-0.25, -0.2) is 0 Å². The van der Waals surface area contributed by atoms with Gasteiger partial charge in [-0.15, -0.1) is 11.8 Å². The van der Waals surface area contributed by atoms with Crippen molar-refractivity contribution >= 4 is 23.1 Å². The van der Waals surface area contributed by atoms with E-state index in [2.05, 4.69) is 10.3 Å². The minimum Gasteiger partial charge on any atom is -0.494 e. The number of H-pyrrole nitrogens is 1. The van der Waals surface area contributed by atoms with E-state index in [1.165, 1.54) is 0 Å². The quantitative estimate of drug-likeness (QED) is 0.338. The zero-order valence-electron chi connectivity index (χ0n) is 16.7. The molecule has 8 heteroatoms. The molecule has 0 amide bonds. The van der Waals surface area contributed by atoms with Crippen molar-refractivity contribution in [3.63, 3.8) is 0 Å². The van der Waals surface area contributed by atoms with Gasteiger partial charge < -0.3 is 20.3 Å². The molecule has 30 heavy (non-hydrogen) atoms. The van der Waals surface area contributed by atoms with Crippen molar-refractivity contribution in [1.29, 1.82) is 0 Å². The van der Waals surface area contributed by atoms with E-state index in [1.54, 1.807) is 11.8 Å². The maximum absolute atomic E-state index is 11.3. The van der Waals surface area contributed by atoms with Crippen molar-refractivity contribution in [3.05, 3.63) is 74.7 Å². The van der Waals surface area contributed by atoms with E-state index in [0.29, 0.717) is 30.2 Å². The first-order valence-electron chi connectivity index (χ1n) is 9.71. The molecule has 1 aromatic heterocycles. The highest BCUT2D eigenvalue weighted by molar-refractivity contribution is 7.99. The van der Waals surface area contributed by atoms with Crippen molar-refractivity contribution in [3.8, 4) is 11.6 Å². The smallest absolute Gasteiger partial charge is 0.307 e. The average Bonchev–Trinajstić information content (AvgIpc) is 3.07. The van der Waals surface area contributed by atoms with Gasteiger partial charge in [0.25, 0.3) is 0 Å². The van der Waals surface area contributed by atoms with E-state index in [-0.39, 0.29) is 16.8 Å². The number of rotatable bonds is 11. The second kappa shape index (κ2) is 11.2. The lowest BCUT2D eigenvalue weighted by atomic mass is 10.1. The van der Waals surface area contributed by atoms with Gasteiger partial charge in [0, 0.05) is 29.7 Å². The van der Waals surface area contributed by atoms with Crippen molar-refractivity contribution in [2.24, 2.45) is 0 Å². The molecule has 2 atom stereocenters. The third kappa shape index (κ3) is 7.21. The zero-order valence-corrected chi connectivity index (χ0v) is 18.3. The molecule has 1 heterocycles. The number of benzene rings is 2. The van der Waals surface area contributed by atoms with Crippen LogP contribution in [-0.4, -0.2) is 46.2 Å². The number of thiazole rings is 1. The van der Waals surface area contributed by atoms with Crippen LogP contribution in [0.3, 0.4) is 0 Å². The number of thioether (sulfide) groups is 1. The number of aliphatic hydroxyl groups excluding tert-OH is 1. The van der Waals surface area contributed by atoms with Crippen molar-refractivity contribution in [2.75, 3.05) is 18.9 Å². The first kappa shape index (κ1) is 22.4. The maximum atomic E-state index is 11.3. The maximum Gasteiger partial charge on any atom is 0.307 e. The Morgan fingerprint density at radius 3 is 2.57 bits per heavy atom. The Kier molecular flexibility index (Phi) is 8.39. The number of aromatic amines is 1. The second-order valence-electron chi connectivity index (χ2n) is 7.01. The summed E-state index contributed by atoms with van der Waals surface area (Å²) in [6, 6.07) is 17.7. The molecule has 0 bridgehead atoms. The Balaban J connectivity index is 1.36. The van der Waals surface area contributed by atoms with Gasteiger partial charge >= 0.3 is 4.87 Å². The molecule has 0 aliphatic heterocycles. The Labute approximate surface area is 183 Å². The summed E-state index contributed by atoms with van der Waals surface area (Å²) in [5.41, 5.74) is 0.984.